The van der Waals surface area contributed by atoms with E-state index in [2.05, 4.69) is 15.9 Å². The summed E-state index contributed by atoms with van der Waals surface area (Å²) in [5, 5.41) is 3.44. The number of hydrogen-bond donors (Lipinski definition) is 0. The van der Waals surface area contributed by atoms with Crippen LogP contribution in [0.15, 0.2) is 156 Å². The Kier molecular flexibility index (Phi) is 18.2. The third kappa shape index (κ3) is 14.2. The Labute approximate surface area is 368 Å². The Hall–Kier alpha value is -3.94. The Morgan fingerprint density at radius 2 is 0.839 bits per heavy atom. The maximum atomic E-state index is 12.0. The summed E-state index contributed by atoms with van der Waals surface area (Å²) in [5.41, 5.74) is 3.88. The van der Waals surface area contributed by atoms with E-state index in [-0.39, 0.29) is 17.3 Å². The molecule has 11 heteroatoms. The summed E-state index contributed by atoms with van der Waals surface area (Å²) in [6.45, 7) is 0. The largest absolute Gasteiger partial charge is 0.289 e. The lowest BCUT2D eigenvalue weighted by Crippen LogP contribution is -1.96. The first-order chi connectivity index (χ1) is 26.8. The molecule has 6 rings (SSSR count). The Balaban J connectivity index is 0.000000187. The van der Waals surface area contributed by atoms with Crippen LogP contribution in [0.5, 0.6) is 0 Å². The summed E-state index contributed by atoms with van der Waals surface area (Å²) in [6.07, 6.45) is 9.48. The van der Waals surface area contributed by atoms with Crippen molar-refractivity contribution in [3.63, 3.8) is 0 Å². The van der Waals surface area contributed by atoms with Crippen molar-refractivity contribution in [2.45, 2.75) is 0 Å². The molecule has 0 aliphatic rings. The molecule has 0 aliphatic carbocycles. The van der Waals surface area contributed by atoms with Crippen LogP contribution in [0.4, 0.5) is 0 Å². The van der Waals surface area contributed by atoms with E-state index < -0.39 is 0 Å². The van der Waals surface area contributed by atoms with Gasteiger partial charge >= 0.3 is 0 Å². The van der Waals surface area contributed by atoms with Gasteiger partial charge in [-0.25, -0.2) is 0 Å². The molecule has 0 fully saturated rings. The van der Waals surface area contributed by atoms with Gasteiger partial charge in [-0.2, -0.15) is 0 Å². The number of carbonyl (C=O) groups excluding carboxylic acids is 3. The van der Waals surface area contributed by atoms with E-state index in [1.165, 1.54) is 12.2 Å². The lowest BCUT2D eigenvalue weighted by Gasteiger charge is -2.02. The molecule has 0 saturated heterocycles. The van der Waals surface area contributed by atoms with Crippen LogP contribution in [0, 0.1) is 0 Å². The minimum Gasteiger partial charge on any atom is -0.289 e. The monoisotopic (exact) mass is 940 g/mol. The number of benzene rings is 6. The van der Waals surface area contributed by atoms with Crippen molar-refractivity contribution in [3.8, 4) is 0 Å². The van der Waals surface area contributed by atoms with Crippen LogP contribution in [-0.4, -0.2) is 17.3 Å². The van der Waals surface area contributed by atoms with Gasteiger partial charge in [0, 0.05) is 41.3 Å². The second-order valence-electron chi connectivity index (χ2n) is 11.4. The molecule has 6 aromatic rings. The SMILES string of the molecule is O=C(C=Cc1c(Cl)cccc1Cl)c1ccccc1Cl.O=C(C=Cc1ccc(Cl)cc1)c1c(Cl)cccc1Cl.O=C(C=Cc1ccc(Cl)cc1)c1ccc(Br)cc1. The van der Waals surface area contributed by atoms with E-state index in [0.29, 0.717) is 57.4 Å². The minimum atomic E-state index is -0.231. The Morgan fingerprint density at radius 3 is 1.34 bits per heavy atom. The molecule has 6 aromatic carbocycles. The zero-order chi connectivity index (χ0) is 40.6. The lowest BCUT2D eigenvalue weighted by molar-refractivity contribution is 0.104. The zero-order valence-electron chi connectivity index (χ0n) is 28.9. The Bertz CT molecular complexity index is 2350. The number of rotatable bonds is 9. The van der Waals surface area contributed by atoms with Crippen molar-refractivity contribution < 1.29 is 14.4 Å². The average Bonchev–Trinajstić information content (AvgIpc) is 3.18. The van der Waals surface area contributed by atoms with E-state index in [1.807, 2.05) is 36.4 Å². The molecule has 0 amide bonds. The normalized spacial score (nSPS) is 10.9. The van der Waals surface area contributed by atoms with E-state index in [4.69, 9.17) is 81.2 Å². The van der Waals surface area contributed by atoms with E-state index >= 15 is 0 Å². The van der Waals surface area contributed by atoms with Crippen molar-refractivity contribution in [2.75, 3.05) is 0 Å². The number of ketones is 3. The van der Waals surface area contributed by atoms with Gasteiger partial charge in [0.1, 0.15) is 0 Å². The highest BCUT2D eigenvalue weighted by molar-refractivity contribution is 9.10. The summed E-state index contributed by atoms with van der Waals surface area (Å²) in [5.74, 6) is -0.440. The van der Waals surface area contributed by atoms with Crippen LogP contribution in [0.3, 0.4) is 0 Å². The average molecular weight is 945 g/mol. The molecule has 0 aliphatic heterocycles. The smallest absolute Gasteiger partial charge is 0.188 e. The molecule has 56 heavy (non-hydrogen) atoms. The zero-order valence-corrected chi connectivity index (χ0v) is 35.8. The van der Waals surface area contributed by atoms with Crippen LogP contribution in [0.2, 0.25) is 35.2 Å². The predicted octanol–water partition coefficient (Wildman–Crippen LogP) is 16.1. The molecule has 0 heterocycles. The van der Waals surface area contributed by atoms with Gasteiger partial charge in [0.15, 0.2) is 17.3 Å². The van der Waals surface area contributed by atoms with Gasteiger partial charge < -0.3 is 0 Å². The highest BCUT2D eigenvalue weighted by Crippen LogP contribution is 2.27. The first-order valence-electron chi connectivity index (χ1n) is 16.4. The summed E-state index contributed by atoms with van der Waals surface area (Å²) in [7, 11) is 0. The van der Waals surface area contributed by atoms with Crippen molar-refractivity contribution >= 4 is 133 Å². The quantitative estimate of drug-likeness (QED) is 0.107. The molecule has 0 spiro atoms. The third-order valence-corrected chi connectivity index (χ3v) is 10.1. The standard InChI is InChI=1S/C15H10BrClO.2C15H9Cl3O/c16-13-6-4-12(5-7-13)15(18)10-3-11-1-8-14(17)9-2-11;16-12-6-3-7-13(17)10(12)8-9-15(19)11-4-1-2-5-14(11)18;16-11-7-4-10(5-8-11)6-9-14(19)15-12(17)2-1-3-13(15)18/h1-10H;2*1-9H. The van der Waals surface area contributed by atoms with Gasteiger partial charge in [0.2, 0.25) is 0 Å². The highest BCUT2D eigenvalue weighted by atomic mass is 79.9. The fourth-order valence-electron chi connectivity index (χ4n) is 4.60. The van der Waals surface area contributed by atoms with Gasteiger partial charge in [0.25, 0.3) is 0 Å². The second kappa shape index (κ2) is 22.7. The molecule has 0 aromatic heterocycles. The van der Waals surface area contributed by atoms with Crippen LogP contribution in [0.25, 0.3) is 18.2 Å². The first kappa shape index (κ1) is 44.8. The maximum absolute atomic E-state index is 12.0. The third-order valence-electron chi connectivity index (χ3n) is 7.47. The predicted molar refractivity (Wildman–Crippen MR) is 242 cm³/mol. The summed E-state index contributed by atoms with van der Waals surface area (Å²) < 4.78 is 0.959. The Morgan fingerprint density at radius 1 is 0.411 bits per heavy atom. The maximum Gasteiger partial charge on any atom is 0.188 e. The van der Waals surface area contributed by atoms with Crippen LogP contribution < -0.4 is 0 Å². The molecule has 282 valence electrons. The highest BCUT2D eigenvalue weighted by Gasteiger charge is 2.12. The molecule has 0 unspecified atom stereocenters. The van der Waals surface area contributed by atoms with Crippen molar-refractivity contribution in [1.82, 2.24) is 0 Å². The fraction of sp³-hybridized carbons (Fsp3) is 0. The van der Waals surface area contributed by atoms with E-state index in [9.17, 15) is 14.4 Å². The summed E-state index contributed by atoms with van der Waals surface area (Å²) in [4.78, 5) is 35.9. The number of allylic oxidation sites excluding steroid dienone is 3. The van der Waals surface area contributed by atoms with E-state index in [1.54, 1.807) is 121 Å². The summed E-state index contributed by atoms with van der Waals surface area (Å²) >= 11 is 44.8. The van der Waals surface area contributed by atoms with Crippen LogP contribution in [0.1, 0.15) is 47.8 Å². The second-order valence-corrected chi connectivity index (χ2v) is 15.2. The van der Waals surface area contributed by atoms with Gasteiger partial charge in [-0.3, -0.25) is 14.4 Å². The van der Waals surface area contributed by atoms with E-state index in [0.717, 1.165) is 15.6 Å². The van der Waals surface area contributed by atoms with Gasteiger partial charge in [-0.15, -0.1) is 0 Å². The molecule has 0 bridgehead atoms. The topological polar surface area (TPSA) is 51.2 Å². The molecule has 0 atom stereocenters. The molecule has 0 saturated carbocycles. The molecule has 0 N–H and O–H groups in total. The summed E-state index contributed by atoms with van der Waals surface area (Å²) in [6, 6.07) is 38.8. The first-order valence-corrected chi connectivity index (χ1v) is 19.8. The van der Waals surface area contributed by atoms with Crippen molar-refractivity contribution in [2.24, 2.45) is 0 Å². The fourth-order valence-corrected chi connectivity index (χ4v) is 6.45. The van der Waals surface area contributed by atoms with Crippen LogP contribution in [-0.2, 0) is 0 Å². The van der Waals surface area contributed by atoms with Gasteiger partial charge in [-0.1, -0.05) is 158 Å². The molecular formula is C45H28BrCl7O3. The lowest BCUT2D eigenvalue weighted by atomic mass is 10.1. The number of carbonyl (C=O) groups is 3. The molecule has 3 nitrogen and oxygen atoms in total. The number of halogens is 8. The van der Waals surface area contributed by atoms with Crippen molar-refractivity contribution in [3.05, 3.63) is 225 Å². The van der Waals surface area contributed by atoms with Crippen molar-refractivity contribution in [1.29, 1.82) is 0 Å². The minimum absolute atomic E-state index is 0.0162. The molecular weight excluding hydrogens is 917 g/mol. The van der Waals surface area contributed by atoms with Gasteiger partial charge in [-0.05, 0) is 120 Å². The van der Waals surface area contributed by atoms with Gasteiger partial charge in [0.05, 0.1) is 20.6 Å². The molecule has 0 radical (unpaired) electrons. The van der Waals surface area contributed by atoms with Crippen LogP contribution >= 0.6 is 97.1 Å². The number of hydrogen-bond acceptors (Lipinski definition) is 3.